The molecule has 168 valence electrons. The van der Waals surface area contributed by atoms with Gasteiger partial charge in [0.1, 0.15) is 6.04 Å². The van der Waals surface area contributed by atoms with Crippen LogP contribution in [-0.2, 0) is 11.3 Å². The summed E-state index contributed by atoms with van der Waals surface area (Å²) in [6.45, 7) is 3.08. The predicted octanol–water partition coefficient (Wildman–Crippen LogP) is 3.01. The molecule has 1 aromatic heterocycles. The molecular formula is C23H26N4O5. The van der Waals surface area contributed by atoms with E-state index in [1.54, 1.807) is 24.1 Å². The quantitative estimate of drug-likeness (QED) is 0.500. The minimum Gasteiger partial charge on any atom is -0.477 e. The summed E-state index contributed by atoms with van der Waals surface area (Å²) >= 11 is 0. The summed E-state index contributed by atoms with van der Waals surface area (Å²) in [6.07, 6.45) is 5.42. The van der Waals surface area contributed by atoms with Gasteiger partial charge in [0.2, 0.25) is 11.8 Å². The van der Waals surface area contributed by atoms with Gasteiger partial charge in [-0.25, -0.2) is 4.98 Å². The van der Waals surface area contributed by atoms with Gasteiger partial charge in [-0.3, -0.25) is 19.7 Å². The highest BCUT2D eigenvalue weighted by atomic mass is 16.6. The zero-order chi connectivity index (χ0) is 22.7. The zero-order valence-electron chi connectivity index (χ0n) is 18.0. The van der Waals surface area contributed by atoms with E-state index in [1.807, 2.05) is 6.07 Å². The minimum atomic E-state index is -0.563. The number of aryl methyl sites for hydroxylation is 1. The van der Waals surface area contributed by atoms with E-state index >= 15 is 0 Å². The molecule has 0 radical (unpaired) electrons. The van der Waals surface area contributed by atoms with Crippen molar-refractivity contribution in [1.82, 2.24) is 15.2 Å². The van der Waals surface area contributed by atoms with Gasteiger partial charge in [0.15, 0.2) is 0 Å². The van der Waals surface area contributed by atoms with Crippen LogP contribution in [0.5, 0.6) is 5.88 Å². The van der Waals surface area contributed by atoms with Crippen LogP contribution < -0.4 is 10.1 Å². The third kappa shape index (κ3) is 5.04. The lowest BCUT2D eigenvalue weighted by Crippen LogP contribution is -2.45. The number of aromatic nitrogens is 1. The third-order valence-electron chi connectivity index (χ3n) is 5.88. The fraction of sp³-hybridized carbons (Fsp3) is 0.435. The van der Waals surface area contributed by atoms with E-state index in [1.165, 1.54) is 31.0 Å². The number of pyridine rings is 1. The summed E-state index contributed by atoms with van der Waals surface area (Å²) < 4.78 is 5.62. The number of carbonyl (C=O) groups is 2. The second-order valence-electron chi connectivity index (χ2n) is 8.39. The molecule has 0 bridgehead atoms. The first kappa shape index (κ1) is 21.7. The van der Waals surface area contributed by atoms with Crippen LogP contribution in [0.25, 0.3) is 0 Å². The van der Waals surface area contributed by atoms with E-state index in [0.717, 1.165) is 12.0 Å². The Kier molecular flexibility index (Phi) is 6.34. The maximum Gasteiger partial charge on any atom is 0.272 e. The SMILES string of the molecule is Cc1cc(C(=O)N2CCCC2C(=O)NCc2ccc(OCC3CC3)nc2)ccc1[N+](=O)[O-]. The van der Waals surface area contributed by atoms with Crippen LogP contribution in [-0.4, -0.2) is 45.8 Å². The first-order chi connectivity index (χ1) is 15.4. The van der Waals surface area contributed by atoms with Gasteiger partial charge in [-0.2, -0.15) is 0 Å². The Morgan fingerprint density at radius 1 is 1.25 bits per heavy atom. The molecule has 32 heavy (non-hydrogen) atoms. The molecule has 9 heteroatoms. The Balaban J connectivity index is 1.34. The van der Waals surface area contributed by atoms with Gasteiger partial charge in [0.25, 0.3) is 11.6 Å². The first-order valence-corrected chi connectivity index (χ1v) is 10.8. The molecule has 1 atom stereocenters. The maximum absolute atomic E-state index is 13.0. The fourth-order valence-electron chi connectivity index (χ4n) is 3.84. The van der Waals surface area contributed by atoms with Crippen LogP contribution in [0.3, 0.4) is 0 Å². The molecule has 1 saturated carbocycles. The van der Waals surface area contributed by atoms with E-state index < -0.39 is 11.0 Å². The number of nitro benzene ring substituents is 1. The van der Waals surface area contributed by atoms with Crippen LogP contribution in [0.1, 0.15) is 47.2 Å². The topological polar surface area (TPSA) is 115 Å². The molecule has 1 N–H and O–H groups in total. The van der Waals surface area contributed by atoms with Crippen molar-refractivity contribution in [3.63, 3.8) is 0 Å². The molecular weight excluding hydrogens is 412 g/mol. The van der Waals surface area contributed by atoms with Gasteiger partial charge in [-0.15, -0.1) is 0 Å². The highest BCUT2D eigenvalue weighted by molar-refractivity contribution is 5.98. The summed E-state index contributed by atoms with van der Waals surface area (Å²) in [5, 5.41) is 13.9. The number of benzene rings is 1. The number of rotatable bonds is 8. The van der Waals surface area contributed by atoms with Crippen molar-refractivity contribution < 1.29 is 19.2 Å². The lowest BCUT2D eigenvalue weighted by Gasteiger charge is -2.24. The molecule has 1 saturated heterocycles. The normalized spacial score (nSPS) is 17.8. The molecule has 9 nitrogen and oxygen atoms in total. The molecule has 2 amide bonds. The molecule has 1 aliphatic carbocycles. The van der Waals surface area contributed by atoms with Crippen LogP contribution in [0.4, 0.5) is 5.69 Å². The molecule has 1 aliphatic heterocycles. The number of nitrogens with one attached hydrogen (secondary N) is 1. The summed E-state index contributed by atoms with van der Waals surface area (Å²) in [7, 11) is 0. The molecule has 2 fully saturated rings. The van der Waals surface area contributed by atoms with Crippen LogP contribution in [0, 0.1) is 23.0 Å². The van der Waals surface area contributed by atoms with E-state index in [0.29, 0.717) is 49.0 Å². The number of carbonyl (C=O) groups excluding carboxylic acids is 2. The van der Waals surface area contributed by atoms with Crippen molar-refractivity contribution in [3.8, 4) is 5.88 Å². The number of nitro groups is 1. The smallest absolute Gasteiger partial charge is 0.272 e. The van der Waals surface area contributed by atoms with E-state index in [2.05, 4.69) is 10.3 Å². The molecule has 2 aromatic rings. The average molecular weight is 438 g/mol. The monoisotopic (exact) mass is 438 g/mol. The second-order valence-corrected chi connectivity index (χ2v) is 8.39. The third-order valence-corrected chi connectivity index (χ3v) is 5.88. The van der Waals surface area contributed by atoms with Gasteiger partial charge in [0.05, 0.1) is 11.5 Å². The van der Waals surface area contributed by atoms with Crippen molar-refractivity contribution in [2.24, 2.45) is 5.92 Å². The number of nitrogens with zero attached hydrogens (tertiary/aromatic N) is 3. The van der Waals surface area contributed by atoms with Crippen LogP contribution in [0.2, 0.25) is 0 Å². The molecule has 1 unspecified atom stereocenters. The fourth-order valence-corrected chi connectivity index (χ4v) is 3.84. The standard InChI is InChI=1S/C23H26N4O5/c1-15-11-18(7-8-19(15)27(30)31)23(29)26-10-2-3-20(26)22(28)25-13-17-6-9-21(24-12-17)32-14-16-4-5-16/h6-9,11-12,16,20H,2-5,10,13-14H2,1H3,(H,25,28). The Morgan fingerprint density at radius 3 is 2.72 bits per heavy atom. The molecule has 0 spiro atoms. The zero-order valence-corrected chi connectivity index (χ0v) is 18.0. The largest absolute Gasteiger partial charge is 0.477 e. The summed E-state index contributed by atoms with van der Waals surface area (Å²) in [4.78, 5) is 42.1. The number of hydrogen-bond acceptors (Lipinski definition) is 6. The molecule has 2 heterocycles. The van der Waals surface area contributed by atoms with E-state index in [9.17, 15) is 19.7 Å². The summed E-state index contributed by atoms with van der Waals surface area (Å²) in [5.74, 6) is 0.726. The summed E-state index contributed by atoms with van der Waals surface area (Å²) in [6, 6.07) is 7.38. The minimum absolute atomic E-state index is 0.0326. The Morgan fingerprint density at radius 2 is 2.06 bits per heavy atom. The Hall–Kier alpha value is -3.49. The lowest BCUT2D eigenvalue weighted by molar-refractivity contribution is -0.385. The van der Waals surface area contributed by atoms with Crippen molar-refractivity contribution in [1.29, 1.82) is 0 Å². The second kappa shape index (κ2) is 9.33. The number of ether oxygens (including phenoxy) is 1. The molecule has 2 aliphatic rings. The predicted molar refractivity (Wildman–Crippen MR) is 116 cm³/mol. The Bertz CT molecular complexity index is 1020. The first-order valence-electron chi connectivity index (χ1n) is 10.8. The molecule has 4 rings (SSSR count). The van der Waals surface area contributed by atoms with Crippen molar-refractivity contribution in [2.75, 3.05) is 13.2 Å². The highest BCUT2D eigenvalue weighted by Crippen LogP contribution is 2.29. The number of hydrogen-bond donors (Lipinski definition) is 1. The van der Waals surface area contributed by atoms with Crippen molar-refractivity contribution in [2.45, 2.75) is 45.2 Å². The van der Waals surface area contributed by atoms with Crippen LogP contribution in [0.15, 0.2) is 36.5 Å². The van der Waals surface area contributed by atoms with Gasteiger partial charge in [0, 0.05) is 42.5 Å². The van der Waals surface area contributed by atoms with Gasteiger partial charge < -0.3 is 15.0 Å². The van der Waals surface area contributed by atoms with Gasteiger partial charge in [-0.05, 0) is 56.2 Å². The van der Waals surface area contributed by atoms with E-state index in [4.69, 9.17) is 4.74 Å². The van der Waals surface area contributed by atoms with Gasteiger partial charge >= 0.3 is 0 Å². The summed E-state index contributed by atoms with van der Waals surface area (Å²) in [5.41, 5.74) is 1.57. The number of likely N-dealkylation sites (tertiary alicyclic amines) is 1. The van der Waals surface area contributed by atoms with Crippen molar-refractivity contribution in [3.05, 3.63) is 63.3 Å². The van der Waals surface area contributed by atoms with Gasteiger partial charge in [-0.1, -0.05) is 6.07 Å². The van der Waals surface area contributed by atoms with Crippen molar-refractivity contribution >= 4 is 17.5 Å². The van der Waals surface area contributed by atoms with E-state index in [-0.39, 0.29) is 17.5 Å². The Labute approximate surface area is 185 Å². The maximum atomic E-state index is 13.0. The molecule has 1 aromatic carbocycles. The average Bonchev–Trinajstić information content (AvgIpc) is 3.49. The lowest BCUT2D eigenvalue weighted by atomic mass is 10.1. The van der Waals surface area contributed by atoms with Crippen LogP contribution >= 0.6 is 0 Å². The highest BCUT2D eigenvalue weighted by Gasteiger charge is 2.34. The number of amides is 2.